The molecule has 1 saturated heterocycles. The molecule has 0 spiro atoms. The fourth-order valence-electron chi connectivity index (χ4n) is 2.21. The minimum atomic E-state index is -2.77. The van der Waals surface area contributed by atoms with Crippen LogP contribution in [0.4, 0.5) is 8.78 Å². The molecule has 0 bridgehead atoms. The van der Waals surface area contributed by atoms with E-state index in [1.807, 2.05) is 6.08 Å². The van der Waals surface area contributed by atoms with Gasteiger partial charge in [-0.25, -0.2) is 0 Å². The van der Waals surface area contributed by atoms with Crippen LogP contribution in [0.15, 0.2) is 30.3 Å². The van der Waals surface area contributed by atoms with Gasteiger partial charge in [0.25, 0.3) is 0 Å². The molecule has 1 aliphatic heterocycles. The maximum absolute atomic E-state index is 12.0. The van der Waals surface area contributed by atoms with E-state index in [2.05, 4.69) is 16.1 Å². The molecule has 1 aromatic rings. The van der Waals surface area contributed by atoms with E-state index >= 15 is 0 Å². The van der Waals surface area contributed by atoms with Crippen molar-refractivity contribution in [3.8, 4) is 5.75 Å². The standard InChI is InChI=1S/C15H19F2NO/c16-15(17)19-14-9-6-12(7-10-14)5-8-13-4-2-1-3-11-18-13/h5-10,13,15,18H,1-4,11H2/b8-5+. The fraction of sp³-hybridized carbons (Fsp3) is 0.467. The third-order valence-corrected chi connectivity index (χ3v) is 3.22. The van der Waals surface area contributed by atoms with E-state index in [9.17, 15) is 8.78 Å². The Morgan fingerprint density at radius 1 is 1.16 bits per heavy atom. The van der Waals surface area contributed by atoms with Gasteiger partial charge in [0, 0.05) is 6.04 Å². The lowest BCUT2D eigenvalue weighted by Crippen LogP contribution is -2.25. The normalized spacial score (nSPS) is 20.7. The molecule has 0 saturated carbocycles. The predicted octanol–water partition coefficient (Wildman–Crippen LogP) is 3.83. The first-order valence-electron chi connectivity index (χ1n) is 6.70. The summed E-state index contributed by atoms with van der Waals surface area (Å²) in [5.74, 6) is 0.194. The molecule has 104 valence electrons. The fourth-order valence-corrected chi connectivity index (χ4v) is 2.21. The first-order valence-corrected chi connectivity index (χ1v) is 6.70. The Morgan fingerprint density at radius 2 is 1.95 bits per heavy atom. The summed E-state index contributed by atoms with van der Waals surface area (Å²) in [6.45, 7) is -1.70. The van der Waals surface area contributed by atoms with Crippen molar-refractivity contribution >= 4 is 6.08 Å². The minimum absolute atomic E-state index is 0.194. The van der Waals surface area contributed by atoms with Crippen molar-refractivity contribution in [3.63, 3.8) is 0 Å². The summed E-state index contributed by atoms with van der Waals surface area (Å²) in [4.78, 5) is 0. The van der Waals surface area contributed by atoms with Crippen LogP contribution in [0.3, 0.4) is 0 Å². The van der Waals surface area contributed by atoms with Crippen LogP contribution >= 0.6 is 0 Å². The second-order valence-electron chi connectivity index (χ2n) is 4.72. The molecular weight excluding hydrogens is 248 g/mol. The first kappa shape index (κ1) is 14.0. The van der Waals surface area contributed by atoms with Crippen molar-refractivity contribution in [1.82, 2.24) is 5.32 Å². The summed E-state index contributed by atoms with van der Waals surface area (Å²) in [7, 11) is 0. The molecule has 0 amide bonds. The number of alkyl halides is 2. The maximum atomic E-state index is 12.0. The number of rotatable bonds is 4. The van der Waals surface area contributed by atoms with Crippen LogP contribution in [-0.2, 0) is 0 Å². The zero-order valence-electron chi connectivity index (χ0n) is 10.8. The zero-order valence-corrected chi connectivity index (χ0v) is 10.8. The molecule has 1 heterocycles. The Hall–Kier alpha value is -1.42. The van der Waals surface area contributed by atoms with E-state index in [1.54, 1.807) is 24.3 Å². The van der Waals surface area contributed by atoms with Crippen molar-refractivity contribution < 1.29 is 13.5 Å². The molecule has 2 nitrogen and oxygen atoms in total. The number of hydrogen-bond acceptors (Lipinski definition) is 2. The average Bonchev–Trinajstić information content (AvgIpc) is 2.66. The van der Waals surface area contributed by atoms with E-state index in [0.29, 0.717) is 6.04 Å². The Labute approximate surface area is 112 Å². The summed E-state index contributed by atoms with van der Waals surface area (Å²) in [5.41, 5.74) is 0.993. The van der Waals surface area contributed by atoms with Crippen LogP contribution in [0, 0.1) is 0 Å². The van der Waals surface area contributed by atoms with Gasteiger partial charge in [-0.2, -0.15) is 8.78 Å². The van der Waals surface area contributed by atoms with Gasteiger partial charge in [-0.3, -0.25) is 0 Å². The molecule has 19 heavy (non-hydrogen) atoms. The quantitative estimate of drug-likeness (QED) is 0.895. The number of hydrogen-bond donors (Lipinski definition) is 1. The zero-order chi connectivity index (χ0) is 13.5. The van der Waals surface area contributed by atoms with Crippen LogP contribution in [0.25, 0.3) is 6.08 Å². The van der Waals surface area contributed by atoms with Crippen molar-refractivity contribution in [1.29, 1.82) is 0 Å². The minimum Gasteiger partial charge on any atom is -0.435 e. The van der Waals surface area contributed by atoms with Crippen LogP contribution in [-0.4, -0.2) is 19.2 Å². The summed E-state index contributed by atoms with van der Waals surface area (Å²) in [6, 6.07) is 7.11. The smallest absolute Gasteiger partial charge is 0.387 e. The largest absolute Gasteiger partial charge is 0.435 e. The Balaban J connectivity index is 1.90. The van der Waals surface area contributed by atoms with Crippen molar-refractivity contribution in [3.05, 3.63) is 35.9 Å². The first-order chi connectivity index (χ1) is 9.24. The van der Waals surface area contributed by atoms with Gasteiger partial charge in [0.05, 0.1) is 0 Å². The third-order valence-electron chi connectivity index (χ3n) is 3.22. The van der Waals surface area contributed by atoms with Crippen molar-refractivity contribution in [2.45, 2.75) is 38.3 Å². The second kappa shape index (κ2) is 7.24. The Bertz CT molecular complexity index is 395. The summed E-state index contributed by atoms with van der Waals surface area (Å²) < 4.78 is 28.3. The molecule has 1 aliphatic rings. The van der Waals surface area contributed by atoms with Crippen LogP contribution in [0.1, 0.15) is 31.2 Å². The summed E-state index contributed by atoms with van der Waals surface area (Å²) in [5, 5.41) is 3.48. The highest BCUT2D eigenvalue weighted by atomic mass is 19.3. The number of nitrogens with one attached hydrogen (secondary N) is 1. The second-order valence-corrected chi connectivity index (χ2v) is 4.72. The molecule has 0 aromatic heterocycles. The molecule has 1 fully saturated rings. The monoisotopic (exact) mass is 267 g/mol. The number of halogens is 2. The molecule has 0 radical (unpaired) electrons. The highest BCUT2D eigenvalue weighted by Gasteiger charge is 2.07. The van der Waals surface area contributed by atoms with Crippen molar-refractivity contribution in [2.24, 2.45) is 0 Å². The summed E-state index contributed by atoms with van der Waals surface area (Å²) in [6.07, 6.45) is 9.11. The third kappa shape index (κ3) is 4.99. The molecule has 0 aliphatic carbocycles. The highest BCUT2D eigenvalue weighted by Crippen LogP contribution is 2.16. The van der Waals surface area contributed by atoms with Gasteiger partial charge < -0.3 is 10.1 Å². The van der Waals surface area contributed by atoms with E-state index in [0.717, 1.165) is 18.5 Å². The molecule has 4 heteroatoms. The van der Waals surface area contributed by atoms with Crippen molar-refractivity contribution in [2.75, 3.05) is 6.54 Å². The highest BCUT2D eigenvalue weighted by molar-refractivity contribution is 5.51. The van der Waals surface area contributed by atoms with E-state index in [4.69, 9.17) is 0 Å². The van der Waals surface area contributed by atoms with E-state index in [1.165, 1.54) is 19.3 Å². The van der Waals surface area contributed by atoms with E-state index < -0.39 is 6.61 Å². The summed E-state index contributed by atoms with van der Waals surface area (Å²) >= 11 is 0. The Kier molecular flexibility index (Phi) is 5.33. The molecule has 1 atom stereocenters. The van der Waals surface area contributed by atoms with Gasteiger partial charge in [-0.1, -0.05) is 37.1 Å². The molecule has 1 aromatic carbocycles. The van der Waals surface area contributed by atoms with Crippen LogP contribution in [0.5, 0.6) is 5.75 Å². The average molecular weight is 267 g/mol. The lowest BCUT2D eigenvalue weighted by atomic mass is 10.1. The molecular formula is C15H19F2NO. The van der Waals surface area contributed by atoms with Gasteiger partial charge in [-0.05, 0) is 37.1 Å². The Morgan fingerprint density at radius 3 is 2.68 bits per heavy atom. The SMILES string of the molecule is FC(F)Oc1ccc(/C=C/C2CCCCCN2)cc1. The van der Waals surface area contributed by atoms with Gasteiger partial charge >= 0.3 is 6.61 Å². The van der Waals surface area contributed by atoms with Gasteiger partial charge in [0.1, 0.15) is 5.75 Å². The molecule has 2 rings (SSSR count). The molecule has 1 unspecified atom stereocenters. The topological polar surface area (TPSA) is 21.3 Å². The lowest BCUT2D eigenvalue weighted by Gasteiger charge is -2.10. The van der Waals surface area contributed by atoms with E-state index in [-0.39, 0.29) is 5.75 Å². The predicted molar refractivity (Wildman–Crippen MR) is 72.4 cm³/mol. The van der Waals surface area contributed by atoms with Crippen LogP contribution < -0.4 is 10.1 Å². The maximum Gasteiger partial charge on any atom is 0.387 e. The number of ether oxygens (including phenoxy) is 1. The van der Waals surface area contributed by atoms with Crippen LogP contribution in [0.2, 0.25) is 0 Å². The number of benzene rings is 1. The van der Waals surface area contributed by atoms with Gasteiger partial charge in [-0.15, -0.1) is 0 Å². The van der Waals surface area contributed by atoms with Gasteiger partial charge in [0.15, 0.2) is 0 Å². The lowest BCUT2D eigenvalue weighted by molar-refractivity contribution is -0.0498. The molecule has 1 N–H and O–H groups in total. The van der Waals surface area contributed by atoms with Gasteiger partial charge in [0.2, 0.25) is 0 Å².